The molecule has 0 fully saturated rings. The van der Waals surface area contributed by atoms with Gasteiger partial charge in [0.1, 0.15) is 0 Å². The summed E-state index contributed by atoms with van der Waals surface area (Å²) in [5, 5.41) is 19.7. The molecule has 0 amide bonds. The van der Waals surface area contributed by atoms with Crippen LogP contribution in [0.15, 0.2) is 0 Å². The maximum absolute atomic E-state index is 8.63. The van der Waals surface area contributed by atoms with Gasteiger partial charge in [-0.3, -0.25) is 0 Å². The third kappa shape index (κ3) is 5.88. The second-order valence-electron chi connectivity index (χ2n) is 1.78. The summed E-state index contributed by atoms with van der Waals surface area (Å²) < 4.78 is 0. The molecule has 0 aliphatic heterocycles. The van der Waals surface area contributed by atoms with Crippen LogP contribution >= 0.6 is 0 Å². The van der Waals surface area contributed by atoms with E-state index < -0.39 is 0 Å². The van der Waals surface area contributed by atoms with Crippen molar-refractivity contribution in [3.8, 4) is 0 Å². The Balaban J connectivity index is 2.72. The highest BCUT2D eigenvalue weighted by atomic mass is 16.3. The van der Waals surface area contributed by atoms with E-state index in [0.29, 0.717) is 13.1 Å². The summed E-state index contributed by atoms with van der Waals surface area (Å²) in [7, 11) is 0. The van der Waals surface area contributed by atoms with E-state index in [-0.39, 0.29) is 12.7 Å². The number of rotatable bonds is 4. The molecule has 0 aromatic carbocycles. The third-order valence-corrected chi connectivity index (χ3v) is 0.728. The van der Waals surface area contributed by atoms with Crippen LogP contribution < -0.4 is 5.32 Å². The van der Waals surface area contributed by atoms with Gasteiger partial charge in [-0.1, -0.05) is 0 Å². The van der Waals surface area contributed by atoms with Crippen LogP contribution in [-0.2, 0) is 0 Å². The van der Waals surface area contributed by atoms with Gasteiger partial charge >= 0.3 is 0 Å². The van der Waals surface area contributed by atoms with E-state index in [1.165, 1.54) is 0 Å². The molecule has 0 aromatic heterocycles. The summed E-state index contributed by atoms with van der Waals surface area (Å²) in [5.74, 6) is 0. The Labute approximate surface area is 49.3 Å². The van der Waals surface area contributed by atoms with Crippen LogP contribution in [0.3, 0.4) is 0 Å². The van der Waals surface area contributed by atoms with Crippen LogP contribution in [-0.4, -0.2) is 36.0 Å². The van der Waals surface area contributed by atoms with Gasteiger partial charge in [-0.25, -0.2) is 0 Å². The van der Waals surface area contributed by atoms with E-state index in [0.717, 1.165) is 0 Å². The lowest BCUT2D eigenvalue weighted by atomic mass is 10.4. The van der Waals surface area contributed by atoms with E-state index in [4.69, 9.17) is 10.2 Å². The Morgan fingerprint density at radius 3 is 2.62 bits per heavy atom. The largest absolute Gasteiger partial charge is 0.395 e. The first kappa shape index (κ1) is 7.88. The van der Waals surface area contributed by atoms with Crippen molar-refractivity contribution in [2.24, 2.45) is 0 Å². The zero-order valence-electron chi connectivity index (χ0n) is 5.09. The molecule has 0 rings (SSSR count). The van der Waals surface area contributed by atoms with Crippen molar-refractivity contribution in [1.82, 2.24) is 5.32 Å². The molecule has 0 aliphatic carbocycles. The van der Waals surface area contributed by atoms with Gasteiger partial charge in [0.15, 0.2) is 0 Å². The van der Waals surface area contributed by atoms with Gasteiger partial charge in [-0.15, -0.1) is 0 Å². The molecule has 0 radical (unpaired) electrons. The predicted octanol–water partition coefficient (Wildman–Crippen LogP) is -1.05. The highest BCUT2D eigenvalue weighted by Crippen LogP contribution is 1.71. The second-order valence-corrected chi connectivity index (χ2v) is 1.78. The first-order valence-electron chi connectivity index (χ1n) is 2.77. The standard InChI is InChI=1S/C5H13NO2/c1-5(8)4-6-2-3-7/h5-8H,2-4H2,1H3/t5-/m0/s1. The maximum atomic E-state index is 8.63. The minimum atomic E-state index is -0.318. The number of aliphatic hydroxyl groups is 2. The average molecular weight is 119 g/mol. The molecule has 0 unspecified atom stereocenters. The van der Waals surface area contributed by atoms with Gasteiger partial charge in [0.05, 0.1) is 12.7 Å². The van der Waals surface area contributed by atoms with Gasteiger partial charge in [0.2, 0.25) is 0 Å². The Bertz CT molecular complexity index is 47.7. The first-order chi connectivity index (χ1) is 3.77. The fraction of sp³-hybridized carbons (Fsp3) is 1.00. The second kappa shape index (κ2) is 5.03. The van der Waals surface area contributed by atoms with Crippen LogP contribution in [0.25, 0.3) is 0 Å². The van der Waals surface area contributed by atoms with E-state index in [2.05, 4.69) is 5.32 Å². The predicted molar refractivity (Wildman–Crippen MR) is 31.6 cm³/mol. The normalized spacial score (nSPS) is 13.9. The quantitative estimate of drug-likeness (QED) is 0.414. The Kier molecular flexibility index (Phi) is 4.95. The lowest BCUT2D eigenvalue weighted by molar-refractivity contribution is 0.186. The van der Waals surface area contributed by atoms with Crippen molar-refractivity contribution in [3.63, 3.8) is 0 Å². The number of hydrogen-bond donors (Lipinski definition) is 3. The fourth-order valence-electron chi connectivity index (χ4n) is 0.390. The molecular formula is C5H13NO2. The molecule has 3 nitrogen and oxygen atoms in total. The lowest BCUT2D eigenvalue weighted by Gasteiger charge is -2.02. The van der Waals surface area contributed by atoms with Crippen molar-refractivity contribution in [2.75, 3.05) is 19.7 Å². The average Bonchev–Trinajstić information content (AvgIpc) is 1.66. The molecule has 0 aromatic rings. The van der Waals surface area contributed by atoms with Gasteiger partial charge in [-0.05, 0) is 6.92 Å². The van der Waals surface area contributed by atoms with Crippen molar-refractivity contribution in [1.29, 1.82) is 0 Å². The zero-order chi connectivity index (χ0) is 6.41. The molecule has 0 saturated carbocycles. The highest BCUT2D eigenvalue weighted by molar-refractivity contribution is 4.50. The molecule has 0 saturated heterocycles. The Hall–Kier alpha value is -0.120. The number of nitrogens with one attached hydrogen (secondary N) is 1. The van der Waals surface area contributed by atoms with Gasteiger partial charge < -0.3 is 15.5 Å². The summed E-state index contributed by atoms with van der Waals surface area (Å²) in [5.41, 5.74) is 0. The summed E-state index contributed by atoms with van der Waals surface area (Å²) in [6.45, 7) is 2.95. The minimum Gasteiger partial charge on any atom is -0.395 e. The Morgan fingerprint density at radius 2 is 2.25 bits per heavy atom. The maximum Gasteiger partial charge on any atom is 0.0636 e. The van der Waals surface area contributed by atoms with Gasteiger partial charge in [0, 0.05) is 13.1 Å². The molecule has 0 spiro atoms. The molecule has 0 heterocycles. The van der Waals surface area contributed by atoms with Gasteiger partial charge in [0.25, 0.3) is 0 Å². The fourth-order valence-corrected chi connectivity index (χ4v) is 0.390. The highest BCUT2D eigenvalue weighted by Gasteiger charge is 1.90. The summed E-state index contributed by atoms with van der Waals surface area (Å²) in [6.07, 6.45) is -0.318. The van der Waals surface area contributed by atoms with Crippen molar-refractivity contribution < 1.29 is 10.2 Å². The van der Waals surface area contributed by atoms with Crippen LogP contribution in [0.2, 0.25) is 0 Å². The monoisotopic (exact) mass is 119 g/mol. The summed E-state index contributed by atoms with van der Waals surface area (Å²) in [4.78, 5) is 0. The Morgan fingerprint density at radius 1 is 1.62 bits per heavy atom. The minimum absolute atomic E-state index is 0.132. The molecule has 0 aliphatic rings. The first-order valence-corrected chi connectivity index (χ1v) is 2.77. The van der Waals surface area contributed by atoms with E-state index in [1.807, 2.05) is 0 Å². The van der Waals surface area contributed by atoms with Crippen LogP contribution in [0.5, 0.6) is 0 Å². The van der Waals surface area contributed by atoms with Crippen molar-refractivity contribution in [3.05, 3.63) is 0 Å². The molecule has 1 atom stereocenters. The summed E-state index contributed by atoms with van der Waals surface area (Å²) in [6, 6.07) is 0. The zero-order valence-corrected chi connectivity index (χ0v) is 5.09. The molecule has 8 heavy (non-hydrogen) atoms. The van der Waals surface area contributed by atoms with Crippen LogP contribution in [0, 0.1) is 0 Å². The van der Waals surface area contributed by atoms with Gasteiger partial charge in [-0.2, -0.15) is 0 Å². The summed E-state index contributed by atoms with van der Waals surface area (Å²) >= 11 is 0. The molecule has 0 bridgehead atoms. The van der Waals surface area contributed by atoms with E-state index >= 15 is 0 Å². The topological polar surface area (TPSA) is 52.5 Å². The molecule has 50 valence electrons. The number of aliphatic hydroxyl groups excluding tert-OH is 2. The van der Waals surface area contributed by atoms with Crippen LogP contribution in [0.1, 0.15) is 6.92 Å². The number of hydrogen-bond acceptors (Lipinski definition) is 3. The van der Waals surface area contributed by atoms with E-state index in [1.54, 1.807) is 6.92 Å². The SMILES string of the molecule is C[C@H](O)CNCCO. The molecule has 3 N–H and O–H groups in total. The third-order valence-electron chi connectivity index (χ3n) is 0.728. The molecular weight excluding hydrogens is 106 g/mol. The smallest absolute Gasteiger partial charge is 0.0636 e. The molecule has 3 heteroatoms. The van der Waals surface area contributed by atoms with Crippen molar-refractivity contribution >= 4 is 0 Å². The lowest BCUT2D eigenvalue weighted by Crippen LogP contribution is -2.26. The van der Waals surface area contributed by atoms with Crippen LogP contribution in [0.4, 0.5) is 0 Å². The van der Waals surface area contributed by atoms with E-state index in [9.17, 15) is 0 Å². The van der Waals surface area contributed by atoms with Crippen molar-refractivity contribution in [2.45, 2.75) is 13.0 Å².